The van der Waals surface area contributed by atoms with Crippen LogP contribution in [0.2, 0.25) is 0 Å². The number of hydrogen-bond donors (Lipinski definition) is 2. The first-order valence-corrected chi connectivity index (χ1v) is 13.4. The first-order valence-electron chi connectivity index (χ1n) is 13.4. The van der Waals surface area contributed by atoms with Crippen LogP contribution in [0.3, 0.4) is 0 Å². The molecule has 1 aliphatic heterocycles. The maximum atomic E-state index is 13.0. The normalized spacial score (nSPS) is 21.0. The van der Waals surface area contributed by atoms with Crippen LogP contribution in [0.15, 0.2) is 42.0 Å². The predicted molar refractivity (Wildman–Crippen MR) is 143 cm³/mol. The van der Waals surface area contributed by atoms with E-state index in [9.17, 15) is 37.5 Å². The van der Waals surface area contributed by atoms with Crippen molar-refractivity contribution in [3.63, 3.8) is 0 Å². The smallest absolute Gasteiger partial charge is 0.422 e. The van der Waals surface area contributed by atoms with E-state index in [2.05, 4.69) is 10.1 Å². The summed E-state index contributed by atoms with van der Waals surface area (Å²) in [7, 11) is 0. The molecular weight excluding hydrogens is 579 g/mol. The molecule has 2 aliphatic rings. The third-order valence-electron chi connectivity index (χ3n) is 6.16. The van der Waals surface area contributed by atoms with Crippen LogP contribution in [-0.4, -0.2) is 85.1 Å². The Morgan fingerprint density at radius 1 is 1.12 bits per heavy atom. The third-order valence-corrected chi connectivity index (χ3v) is 6.16. The highest BCUT2D eigenvalue weighted by Gasteiger charge is 2.42. The number of carbonyl (C=O) groups excluding carboxylic acids is 4. The van der Waals surface area contributed by atoms with E-state index in [-0.39, 0.29) is 37.2 Å². The second kappa shape index (κ2) is 14.6. The predicted octanol–water partition coefficient (Wildman–Crippen LogP) is 3.00. The van der Waals surface area contributed by atoms with E-state index in [0.29, 0.717) is 5.56 Å². The third kappa shape index (κ3) is 11.1. The number of benzene rings is 1. The standard InChI is InChI=1S/C29H34F3NO10/c1-28(2,3)43-24(36)11-9-20(14-34)33-26(37)19-12-21-25(41-16-40-21)22(13-19)42-27(38)18-7-4-17(5-8-18)6-10-23(35)39-15-29(30,31)32/h4-8,10,12,20-22,25,34H,9,11,13-16H2,1-3H3,(H,33,37)/t20-,21+,22+,25+/m0/s1. The van der Waals surface area contributed by atoms with Gasteiger partial charge in [0.15, 0.2) is 6.61 Å². The maximum Gasteiger partial charge on any atom is 0.422 e. The number of esters is 3. The van der Waals surface area contributed by atoms with Crippen molar-refractivity contribution >= 4 is 29.9 Å². The van der Waals surface area contributed by atoms with Gasteiger partial charge in [-0.2, -0.15) is 13.2 Å². The summed E-state index contributed by atoms with van der Waals surface area (Å²) in [6.07, 6.45) is -3.09. The zero-order chi connectivity index (χ0) is 31.8. The molecule has 11 nitrogen and oxygen atoms in total. The van der Waals surface area contributed by atoms with E-state index in [1.54, 1.807) is 26.8 Å². The fourth-order valence-corrected chi connectivity index (χ4v) is 4.20. The molecule has 0 aromatic heterocycles. The average molecular weight is 614 g/mol. The summed E-state index contributed by atoms with van der Waals surface area (Å²) in [4.78, 5) is 49.4. The molecule has 1 heterocycles. The number of alkyl halides is 3. The topological polar surface area (TPSA) is 147 Å². The second-order valence-corrected chi connectivity index (χ2v) is 10.9. The van der Waals surface area contributed by atoms with Gasteiger partial charge in [-0.3, -0.25) is 9.59 Å². The summed E-state index contributed by atoms with van der Waals surface area (Å²) in [5, 5.41) is 12.4. The van der Waals surface area contributed by atoms with Crippen molar-refractivity contribution in [3.05, 3.63) is 53.1 Å². The van der Waals surface area contributed by atoms with Gasteiger partial charge in [-0.05, 0) is 57.0 Å². The Morgan fingerprint density at radius 2 is 1.81 bits per heavy atom. The summed E-state index contributed by atoms with van der Waals surface area (Å²) in [5.74, 6) is -2.89. The van der Waals surface area contributed by atoms with Gasteiger partial charge in [-0.15, -0.1) is 0 Å². The minimum absolute atomic E-state index is 0.00677. The fourth-order valence-electron chi connectivity index (χ4n) is 4.20. The van der Waals surface area contributed by atoms with Crippen molar-refractivity contribution in [2.45, 2.75) is 76.2 Å². The Hall–Kier alpha value is -3.75. The number of nitrogens with one attached hydrogen (secondary N) is 1. The van der Waals surface area contributed by atoms with Gasteiger partial charge < -0.3 is 34.1 Å². The van der Waals surface area contributed by atoms with Crippen molar-refractivity contribution in [2.75, 3.05) is 20.0 Å². The van der Waals surface area contributed by atoms with Crippen LogP contribution in [0.1, 0.15) is 56.0 Å². The number of aliphatic hydroxyl groups is 1. The van der Waals surface area contributed by atoms with Crippen LogP contribution < -0.4 is 5.32 Å². The van der Waals surface area contributed by atoms with E-state index in [0.717, 1.165) is 6.08 Å². The van der Waals surface area contributed by atoms with Gasteiger partial charge in [0.25, 0.3) is 0 Å². The van der Waals surface area contributed by atoms with E-state index in [4.69, 9.17) is 18.9 Å². The molecule has 1 fully saturated rings. The summed E-state index contributed by atoms with van der Waals surface area (Å²) >= 11 is 0. The van der Waals surface area contributed by atoms with E-state index < -0.39 is 73.2 Å². The largest absolute Gasteiger partial charge is 0.460 e. The van der Waals surface area contributed by atoms with Crippen LogP contribution >= 0.6 is 0 Å². The molecule has 14 heteroatoms. The molecule has 2 N–H and O–H groups in total. The highest BCUT2D eigenvalue weighted by atomic mass is 19.4. The first kappa shape index (κ1) is 33.7. The fraction of sp³-hybridized carbons (Fsp3) is 0.517. The lowest BCUT2D eigenvalue weighted by Crippen LogP contribution is -2.45. The summed E-state index contributed by atoms with van der Waals surface area (Å²) in [6.45, 7) is 3.02. The Morgan fingerprint density at radius 3 is 2.44 bits per heavy atom. The molecule has 1 aromatic carbocycles. The Labute approximate surface area is 245 Å². The quantitative estimate of drug-likeness (QED) is 0.217. The molecule has 4 atom stereocenters. The van der Waals surface area contributed by atoms with Gasteiger partial charge in [0.1, 0.15) is 30.7 Å². The molecule has 236 valence electrons. The molecule has 0 saturated carbocycles. The van der Waals surface area contributed by atoms with Crippen molar-refractivity contribution in [3.8, 4) is 0 Å². The minimum Gasteiger partial charge on any atom is -0.460 e. The zero-order valence-corrected chi connectivity index (χ0v) is 23.8. The minimum atomic E-state index is -4.63. The van der Waals surface area contributed by atoms with Crippen LogP contribution in [0.5, 0.6) is 0 Å². The summed E-state index contributed by atoms with van der Waals surface area (Å²) < 4.78 is 62.5. The van der Waals surface area contributed by atoms with Crippen molar-refractivity contribution in [2.24, 2.45) is 0 Å². The number of amides is 1. The van der Waals surface area contributed by atoms with E-state index in [1.807, 2.05) is 0 Å². The molecule has 0 unspecified atom stereocenters. The molecule has 3 rings (SSSR count). The lowest BCUT2D eigenvalue weighted by atomic mass is 9.91. The number of fused-ring (bicyclic) bond motifs is 1. The van der Waals surface area contributed by atoms with Gasteiger partial charge in [0.05, 0.1) is 18.2 Å². The lowest BCUT2D eigenvalue weighted by Gasteiger charge is -2.30. The molecule has 1 aromatic rings. The van der Waals surface area contributed by atoms with Crippen LogP contribution in [-0.2, 0) is 38.1 Å². The molecule has 0 radical (unpaired) electrons. The van der Waals surface area contributed by atoms with Gasteiger partial charge in [0, 0.05) is 24.5 Å². The number of ether oxygens (including phenoxy) is 5. The summed E-state index contributed by atoms with van der Waals surface area (Å²) in [5.41, 5.74) is 0.136. The van der Waals surface area contributed by atoms with Gasteiger partial charge in [-0.25, -0.2) is 9.59 Å². The average Bonchev–Trinajstić information content (AvgIpc) is 3.41. The molecule has 0 spiro atoms. The van der Waals surface area contributed by atoms with Crippen LogP contribution in [0, 0.1) is 0 Å². The monoisotopic (exact) mass is 613 g/mol. The Kier molecular flexibility index (Phi) is 11.5. The zero-order valence-electron chi connectivity index (χ0n) is 23.8. The number of aliphatic hydroxyl groups excluding tert-OH is 1. The molecule has 43 heavy (non-hydrogen) atoms. The molecule has 0 bridgehead atoms. The van der Waals surface area contributed by atoms with Gasteiger partial charge in [-0.1, -0.05) is 12.1 Å². The molecular formula is C29H34F3NO10. The molecule has 1 aliphatic carbocycles. The Balaban J connectivity index is 1.58. The van der Waals surface area contributed by atoms with Crippen LogP contribution in [0.25, 0.3) is 6.08 Å². The van der Waals surface area contributed by atoms with Crippen molar-refractivity contribution < 1.29 is 61.1 Å². The second-order valence-electron chi connectivity index (χ2n) is 10.9. The first-order chi connectivity index (χ1) is 20.1. The lowest BCUT2D eigenvalue weighted by molar-refractivity contribution is -0.182. The number of carbonyl (C=O) groups is 4. The van der Waals surface area contributed by atoms with Gasteiger partial charge >= 0.3 is 24.1 Å². The maximum absolute atomic E-state index is 13.0. The molecule has 1 amide bonds. The number of halogens is 3. The number of rotatable bonds is 11. The number of hydrogen-bond acceptors (Lipinski definition) is 10. The molecule has 1 saturated heterocycles. The van der Waals surface area contributed by atoms with Crippen molar-refractivity contribution in [1.82, 2.24) is 5.32 Å². The highest BCUT2D eigenvalue weighted by Crippen LogP contribution is 2.31. The highest BCUT2D eigenvalue weighted by molar-refractivity contribution is 5.94. The Bertz CT molecular complexity index is 1220. The van der Waals surface area contributed by atoms with Crippen molar-refractivity contribution in [1.29, 1.82) is 0 Å². The van der Waals surface area contributed by atoms with Gasteiger partial charge in [0.2, 0.25) is 5.91 Å². The van der Waals surface area contributed by atoms with Crippen LogP contribution in [0.4, 0.5) is 13.2 Å². The SMILES string of the molecule is CC(C)(C)OC(=O)CC[C@@H](CO)NC(=O)C1=C[C@H]2OCO[C@H]2[C@H](OC(=O)c2ccc(C=CC(=O)OCC(F)(F)F)cc2)C1. The van der Waals surface area contributed by atoms with E-state index >= 15 is 0 Å². The van der Waals surface area contributed by atoms with E-state index in [1.165, 1.54) is 30.3 Å². The summed E-state index contributed by atoms with van der Waals surface area (Å²) in [6, 6.07) is 4.98.